The summed E-state index contributed by atoms with van der Waals surface area (Å²) in [5.74, 6) is -0.134. The molecule has 0 saturated carbocycles. The van der Waals surface area contributed by atoms with Crippen LogP contribution in [0.1, 0.15) is 36.8 Å². The molecule has 0 bridgehead atoms. The van der Waals surface area contributed by atoms with Crippen LogP contribution in [-0.4, -0.2) is 34.1 Å². The average Bonchev–Trinajstić information content (AvgIpc) is 3.49. The van der Waals surface area contributed by atoms with Gasteiger partial charge in [-0.3, -0.25) is 14.3 Å². The Hall–Kier alpha value is -2.22. The molecule has 1 aliphatic heterocycles. The zero-order chi connectivity index (χ0) is 21.4. The summed E-state index contributed by atoms with van der Waals surface area (Å²) < 4.78 is 15.2. The number of aromatic amines is 1. The monoisotopic (exact) mass is 475 g/mol. The number of nitrogens with one attached hydrogen (secondary N) is 1. The first-order chi connectivity index (χ1) is 15.0. The van der Waals surface area contributed by atoms with E-state index in [1.165, 1.54) is 22.5 Å². The summed E-state index contributed by atoms with van der Waals surface area (Å²) in [6.07, 6.45) is 6.78. The Labute approximate surface area is 196 Å². The number of aryl methyl sites for hydroxylation is 2. The topological polar surface area (TPSA) is 58.1 Å². The minimum absolute atomic E-state index is 0. The lowest BCUT2D eigenvalue weighted by atomic mass is 9.81. The SMILES string of the molecule is Cl.O=c1[nH]c(=O)n(CCCCN2CCC3(CCc4cc(F)ccc43)C2)cc1-c1cccs1. The molecule has 1 saturated heterocycles. The standard InChI is InChI=1S/C24H26FN3O2S.ClH/c25-18-5-6-20-17(14-18)7-8-24(20)9-12-27(16-24)10-1-2-11-28-15-19(21-4-3-13-31-21)22(29)26-23(28)30;/h3-6,13-15H,1-2,7-12,16H2,(H,26,29,30);1H. The maximum Gasteiger partial charge on any atom is 0.328 e. The molecule has 8 heteroatoms. The van der Waals surface area contributed by atoms with Crippen LogP contribution in [0.25, 0.3) is 10.4 Å². The molecule has 5 nitrogen and oxygen atoms in total. The molecule has 1 aliphatic carbocycles. The number of fused-ring (bicyclic) bond motifs is 2. The van der Waals surface area contributed by atoms with Crippen molar-refractivity contribution in [3.8, 4) is 10.4 Å². The third kappa shape index (κ3) is 4.34. The molecule has 5 rings (SSSR count). The maximum absolute atomic E-state index is 13.6. The third-order valence-electron chi connectivity index (χ3n) is 6.87. The minimum Gasteiger partial charge on any atom is -0.302 e. The van der Waals surface area contributed by atoms with Gasteiger partial charge in [0.25, 0.3) is 5.56 Å². The lowest BCUT2D eigenvalue weighted by Crippen LogP contribution is -2.31. The Morgan fingerprint density at radius 1 is 1.12 bits per heavy atom. The molecule has 1 unspecified atom stereocenters. The van der Waals surface area contributed by atoms with Gasteiger partial charge in [0, 0.05) is 29.6 Å². The van der Waals surface area contributed by atoms with Gasteiger partial charge in [0.05, 0.1) is 5.56 Å². The Balaban J connectivity index is 0.00000245. The quantitative estimate of drug-likeness (QED) is 0.544. The first-order valence-corrected chi connectivity index (χ1v) is 11.8. The highest BCUT2D eigenvalue weighted by atomic mass is 35.5. The Kier molecular flexibility index (Phi) is 6.70. The second kappa shape index (κ2) is 9.33. The van der Waals surface area contributed by atoms with Crippen LogP contribution in [0.3, 0.4) is 0 Å². The number of unbranched alkanes of at least 4 members (excludes halogenated alkanes) is 1. The fraction of sp³-hybridized carbons (Fsp3) is 0.417. The van der Waals surface area contributed by atoms with Gasteiger partial charge in [0.2, 0.25) is 0 Å². The Morgan fingerprint density at radius 2 is 1.97 bits per heavy atom. The molecule has 1 fully saturated rings. The van der Waals surface area contributed by atoms with Crippen LogP contribution in [0, 0.1) is 5.82 Å². The lowest BCUT2D eigenvalue weighted by molar-refractivity contribution is 0.299. The number of rotatable bonds is 6. The van der Waals surface area contributed by atoms with Gasteiger partial charge in [0.1, 0.15) is 5.82 Å². The number of halogens is 2. The van der Waals surface area contributed by atoms with E-state index in [4.69, 9.17) is 0 Å². The number of nitrogens with zero attached hydrogens (tertiary/aromatic N) is 2. The van der Waals surface area contributed by atoms with Crippen molar-refractivity contribution in [2.75, 3.05) is 19.6 Å². The first kappa shape index (κ1) is 23.0. The number of benzene rings is 1. The molecule has 1 aromatic carbocycles. The number of hydrogen-bond acceptors (Lipinski definition) is 4. The molecule has 170 valence electrons. The number of likely N-dealkylation sites (tertiary alicyclic amines) is 1. The van der Waals surface area contributed by atoms with Crippen LogP contribution in [-0.2, 0) is 18.4 Å². The van der Waals surface area contributed by atoms with Gasteiger partial charge in [-0.2, -0.15) is 0 Å². The average molecular weight is 476 g/mol. The molecule has 32 heavy (non-hydrogen) atoms. The van der Waals surface area contributed by atoms with Gasteiger partial charge in [-0.25, -0.2) is 9.18 Å². The molecule has 0 radical (unpaired) electrons. The summed E-state index contributed by atoms with van der Waals surface area (Å²) in [6, 6.07) is 9.09. The van der Waals surface area contributed by atoms with E-state index in [1.54, 1.807) is 22.9 Å². The van der Waals surface area contributed by atoms with Crippen LogP contribution in [0.15, 0.2) is 51.5 Å². The maximum atomic E-state index is 13.6. The molecule has 1 spiro atoms. The Morgan fingerprint density at radius 3 is 2.78 bits per heavy atom. The third-order valence-corrected chi connectivity index (χ3v) is 7.77. The molecular weight excluding hydrogens is 449 g/mol. The van der Waals surface area contributed by atoms with Crippen molar-refractivity contribution in [1.29, 1.82) is 0 Å². The van der Waals surface area contributed by atoms with Crippen molar-refractivity contribution in [3.63, 3.8) is 0 Å². The van der Waals surface area contributed by atoms with Crippen molar-refractivity contribution in [2.45, 2.75) is 44.1 Å². The highest BCUT2D eigenvalue weighted by Gasteiger charge is 2.43. The van der Waals surface area contributed by atoms with Crippen LogP contribution < -0.4 is 11.2 Å². The van der Waals surface area contributed by atoms with Gasteiger partial charge in [-0.15, -0.1) is 23.7 Å². The summed E-state index contributed by atoms with van der Waals surface area (Å²) in [6.45, 7) is 3.69. The summed E-state index contributed by atoms with van der Waals surface area (Å²) in [7, 11) is 0. The largest absolute Gasteiger partial charge is 0.328 e. The van der Waals surface area contributed by atoms with Gasteiger partial charge < -0.3 is 4.90 Å². The van der Waals surface area contributed by atoms with E-state index in [1.807, 2.05) is 23.6 Å². The molecule has 2 aromatic heterocycles. The molecule has 0 amide bonds. The van der Waals surface area contributed by atoms with Gasteiger partial charge in [-0.1, -0.05) is 12.1 Å². The number of thiophene rings is 1. The fourth-order valence-electron chi connectivity index (χ4n) is 5.27. The van der Waals surface area contributed by atoms with E-state index >= 15 is 0 Å². The van der Waals surface area contributed by atoms with E-state index in [0.717, 1.165) is 56.6 Å². The normalized spacial score (nSPS) is 19.9. The van der Waals surface area contributed by atoms with Crippen LogP contribution in [0.5, 0.6) is 0 Å². The number of hydrogen-bond donors (Lipinski definition) is 1. The Bertz CT molecular complexity index is 1210. The van der Waals surface area contributed by atoms with Crippen molar-refractivity contribution < 1.29 is 4.39 Å². The summed E-state index contributed by atoms with van der Waals surface area (Å²) >= 11 is 1.49. The smallest absolute Gasteiger partial charge is 0.302 e. The molecule has 2 aliphatic rings. The fourth-order valence-corrected chi connectivity index (χ4v) is 6.00. The molecular formula is C24H27ClFN3O2S. The highest BCUT2D eigenvalue weighted by molar-refractivity contribution is 7.13. The zero-order valence-electron chi connectivity index (χ0n) is 17.8. The summed E-state index contributed by atoms with van der Waals surface area (Å²) in [4.78, 5) is 30.2. The van der Waals surface area contributed by atoms with Crippen molar-refractivity contribution in [1.82, 2.24) is 14.5 Å². The van der Waals surface area contributed by atoms with Crippen molar-refractivity contribution in [3.05, 3.63) is 79.7 Å². The van der Waals surface area contributed by atoms with Crippen LogP contribution >= 0.6 is 23.7 Å². The van der Waals surface area contributed by atoms with Gasteiger partial charge in [-0.05, 0) is 79.9 Å². The van der Waals surface area contributed by atoms with E-state index in [9.17, 15) is 14.0 Å². The second-order valence-corrected chi connectivity index (χ2v) is 9.74. The van der Waals surface area contributed by atoms with Crippen LogP contribution in [0.2, 0.25) is 0 Å². The van der Waals surface area contributed by atoms with Crippen molar-refractivity contribution >= 4 is 23.7 Å². The lowest BCUT2D eigenvalue weighted by Gasteiger charge is -2.25. The predicted molar refractivity (Wildman–Crippen MR) is 129 cm³/mol. The zero-order valence-corrected chi connectivity index (χ0v) is 19.4. The highest BCUT2D eigenvalue weighted by Crippen LogP contribution is 2.45. The number of aromatic nitrogens is 2. The van der Waals surface area contributed by atoms with E-state index in [2.05, 4.69) is 9.88 Å². The predicted octanol–water partition coefficient (Wildman–Crippen LogP) is 4.20. The van der Waals surface area contributed by atoms with E-state index in [-0.39, 0.29) is 34.9 Å². The van der Waals surface area contributed by atoms with Gasteiger partial charge in [0.15, 0.2) is 0 Å². The number of H-pyrrole nitrogens is 1. The van der Waals surface area contributed by atoms with Gasteiger partial charge >= 0.3 is 5.69 Å². The molecule has 1 atom stereocenters. The molecule has 3 aromatic rings. The van der Waals surface area contributed by atoms with E-state index < -0.39 is 0 Å². The van der Waals surface area contributed by atoms with Crippen LogP contribution in [0.4, 0.5) is 4.39 Å². The first-order valence-electron chi connectivity index (χ1n) is 10.9. The minimum atomic E-state index is -0.347. The summed E-state index contributed by atoms with van der Waals surface area (Å²) in [5, 5.41) is 1.92. The summed E-state index contributed by atoms with van der Waals surface area (Å²) in [5.41, 5.74) is 2.59. The molecule has 1 N–H and O–H groups in total. The van der Waals surface area contributed by atoms with E-state index in [0.29, 0.717) is 12.1 Å². The molecule has 3 heterocycles. The second-order valence-electron chi connectivity index (χ2n) is 8.79. The van der Waals surface area contributed by atoms with Crippen molar-refractivity contribution in [2.24, 2.45) is 0 Å².